The van der Waals surface area contributed by atoms with Gasteiger partial charge in [-0.05, 0) is 24.6 Å². The normalized spacial score (nSPS) is 9.58. The number of benzene rings is 1. The highest BCUT2D eigenvalue weighted by Gasteiger charge is 2.01. The Hall–Kier alpha value is -1.31. The SMILES string of the molecule is C=C(NC)c1cc(F)ccc1C. The lowest BCUT2D eigenvalue weighted by Crippen LogP contribution is -2.04. The Bertz CT molecular complexity index is 305. The molecule has 64 valence electrons. The molecule has 0 saturated carbocycles. The fourth-order valence-corrected chi connectivity index (χ4v) is 1.05. The van der Waals surface area contributed by atoms with E-state index in [4.69, 9.17) is 0 Å². The molecule has 1 aromatic rings. The van der Waals surface area contributed by atoms with Gasteiger partial charge in [-0.15, -0.1) is 0 Å². The maximum absolute atomic E-state index is 12.8. The van der Waals surface area contributed by atoms with Gasteiger partial charge >= 0.3 is 0 Å². The molecule has 0 bridgehead atoms. The molecule has 0 amide bonds. The van der Waals surface area contributed by atoms with Gasteiger partial charge in [-0.3, -0.25) is 0 Å². The Morgan fingerprint density at radius 3 is 2.75 bits per heavy atom. The first kappa shape index (κ1) is 8.78. The maximum Gasteiger partial charge on any atom is 0.123 e. The summed E-state index contributed by atoms with van der Waals surface area (Å²) in [6.07, 6.45) is 0. The highest BCUT2D eigenvalue weighted by atomic mass is 19.1. The Morgan fingerprint density at radius 2 is 2.17 bits per heavy atom. The van der Waals surface area contributed by atoms with Crippen LogP contribution >= 0.6 is 0 Å². The van der Waals surface area contributed by atoms with Crippen molar-refractivity contribution in [1.82, 2.24) is 5.32 Å². The third-order valence-corrected chi connectivity index (χ3v) is 1.83. The van der Waals surface area contributed by atoms with Crippen molar-refractivity contribution in [1.29, 1.82) is 0 Å². The fourth-order valence-electron chi connectivity index (χ4n) is 1.05. The minimum absolute atomic E-state index is 0.230. The molecule has 0 fully saturated rings. The van der Waals surface area contributed by atoms with E-state index in [-0.39, 0.29) is 5.82 Å². The largest absolute Gasteiger partial charge is 0.388 e. The number of hydrogen-bond donors (Lipinski definition) is 1. The molecule has 0 heterocycles. The van der Waals surface area contributed by atoms with E-state index in [1.54, 1.807) is 13.1 Å². The van der Waals surface area contributed by atoms with Crippen LogP contribution in [0, 0.1) is 12.7 Å². The van der Waals surface area contributed by atoms with E-state index < -0.39 is 0 Å². The predicted octanol–water partition coefficient (Wildman–Crippen LogP) is 2.32. The fraction of sp³-hybridized carbons (Fsp3) is 0.200. The first-order valence-electron chi connectivity index (χ1n) is 3.78. The zero-order chi connectivity index (χ0) is 9.14. The average Bonchev–Trinajstić information content (AvgIpc) is 2.08. The molecule has 0 spiro atoms. The molecule has 2 heteroatoms. The van der Waals surface area contributed by atoms with Crippen LogP contribution in [0.4, 0.5) is 4.39 Å². The average molecular weight is 165 g/mol. The molecule has 0 aromatic heterocycles. The Balaban J connectivity index is 3.13. The summed E-state index contributed by atoms with van der Waals surface area (Å²) >= 11 is 0. The minimum Gasteiger partial charge on any atom is -0.388 e. The highest BCUT2D eigenvalue weighted by molar-refractivity contribution is 5.64. The molecule has 0 saturated heterocycles. The summed E-state index contributed by atoms with van der Waals surface area (Å²) in [5.41, 5.74) is 2.60. The quantitative estimate of drug-likeness (QED) is 0.709. The van der Waals surface area contributed by atoms with Gasteiger partial charge in [0, 0.05) is 18.3 Å². The number of aryl methyl sites for hydroxylation is 1. The van der Waals surface area contributed by atoms with Gasteiger partial charge in [-0.2, -0.15) is 0 Å². The second-order valence-electron chi connectivity index (χ2n) is 2.69. The van der Waals surface area contributed by atoms with Crippen LogP contribution in [-0.4, -0.2) is 7.05 Å². The van der Waals surface area contributed by atoms with E-state index in [9.17, 15) is 4.39 Å². The summed E-state index contributed by atoms with van der Waals surface area (Å²) in [5.74, 6) is -0.230. The Morgan fingerprint density at radius 1 is 1.50 bits per heavy atom. The number of rotatable bonds is 2. The molecule has 1 N–H and O–H groups in total. The molecule has 0 aliphatic carbocycles. The van der Waals surface area contributed by atoms with Crippen molar-refractivity contribution in [2.24, 2.45) is 0 Å². The summed E-state index contributed by atoms with van der Waals surface area (Å²) in [7, 11) is 1.77. The van der Waals surface area contributed by atoms with Crippen LogP contribution in [0.3, 0.4) is 0 Å². The number of halogens is 1. The van der Waals surface area contributed by atoms with Crippen LogP contribution in [0.1, 0.15) is 11.1 Å². The summed E-state index contributed by atoms with van der Waals surface area (Å²) < 4.78 is 12.8. The predicted molar refractivity (Wildman–Crippen MR) is 49.2 cm³/mol. The van der Waals surface area contributed by atoms with Crippen molar-refractivity contribution in [3.05, 3.63) is 41.7 Å². The summed E-state index contributed by atoms with van der Waals surface area (Å²) in [4.78, 5) is 0. The minimum atomic E-state index is -0.230. The first-order valence-corrected chi connectivity index (χ1v) is 3.78. The molecule has 1 rings (SSSR count). The van der Waals surface area contributed by atoms with E-state index in [1.165, 1.54) is 12.1 Å². The topological polar surface area (TPSA) is 12.0 Å². The Labute approximate surface area is 71.9 Å². The molecular formula is C10H12FN. The van der Waals surface area contributed by atoms with Crippen molar-refractivity contribution in [2.75, 3.05) is 7.05 Å². The van der Waals surface area contributed by atoms with Gasteiger partial charge in [-0.25, -0.2) is 4.39 Å². The van der Waals surface area contributed by atoms with Crippen LogP contribution in [-0.2, 0) is 0 Å². The standard InChI is InChI=1S/C10H12FN/c1-7-4-5-9(11)6-10(7)8(2)12-3/h4-6,12H,2H2,1,3H3. The van der Waals surface area contributed by atoms with E-state index in [0.29, 0.717) is 0 Å². The monoisotopic (exact) mass is 165 g/mol. The smallest absolute Gasteiger partial charge is 0.123 e. The summed E-state index contributed by atoms with van der Waals surface area (Å²) in [6, 6.07) is 4.67. The molecule has 0 aliphatic heterocycles. The van der Waals surface area contributed by atoms with Gasteiger partial charge < -0.3 is 5.32 Å². The van der Waals surface area contributed by atoms with Gasteiger partial charge in [0.05, 0.1) is 0 Å². The van der Waals surface area contributed by atoms with Gasteiger partial charge in [0.1, 0.15) is 5.82 Å². The molecule has 0 atom stereocenters. The summed E-state index contributed by atoms with van der Waals surface area (Å²) in [6.45, 7) is 5.70. The number of nitrogens with one attached hydrogen (secondary N) is 1. The van der Waals surface area contributed by atoms with Gasteiger partial charge in [0.15, 0.2) is 0 Å². The maximum atomic E-state index is 12.8. The highest BCUT2D eigenvalue weighted by Crippen LogP contribution is 2.15. The summed E-state index contributed by atoms with van der Waals surface area (Å²) in [5, 5.41) is 2.89. The second kappa shape index (κ2) is 3.39. The zero-order valence-corrected chi connectivity index (χ0v) is 7.32. The van der Waals surface area contributed by atoms with Crippen LogP contribution in [0.25, 0.3) is 5.70 Å². The van der Waals surface area contributed by atoms with Crippen LogP contribution in [0.15, 0.2) is 24.8 Å². The van der Waals surface area contributed by atoms with Crippen molar-refractivity contribution in [2.45, 2.75) is 6.92 Å². The van der Waals surface area contributed by atoms with Crippen molar-refractivity contribution < 1.29 is 4.39 Å². The van der Waals surface area contributed by atoms with E-state index in [2.05, 4.69) is 11.9 Å². The van der Waals surface area contributed by atoms with Crippen LogP contribution < -0.4 is 5.32 Å². The lowest BCUT2D eigenvalue weighted by Gasteiger charge is -2.07. The molecule has 0 radical (unpaired) electrons. The Kier molecular flexibility index (Phi) is 2.48. The van der Waals surface area contributed by atoms with Gasteiger partial charge in [-0.1, -0.05) is 12.6 Å². The molecular weight excluding hydrogens is 153 g/mol. The zero-order valence-electron chi connectivity index (χ0n) is 7.32. The third-order valence-electron chi connectivity index (χ3n) is 1.83. The van der Waals surface area contributed by atoms with Gasteiger partial charge in [0.2, 0.25) is 0 Å². The van der Waals surface area contributed by atoms with Crippen LogP contribution in [0.2, 0.25) is 0 Å². The van der Waals surface area contributed by atoms with Crippen molar-refractivity contribution in [3.63, 3.8) is 0 Å². The lowest BCUT2D eigenvalue weighted by molar-refractivity contribution is 0.626. The van der Waals surface area contributed by atoms with Crippen LogP contribution in [0.5, 0.6) is 0 Å². The molecule has 1 aromatic carbocycles. The van der Waals surface area contributed by atoms with Crippen molar-refractivity contribution in [3.8, 4) is 0 Å². The third kappa shape index (κ3) is 1.64. The van der Waals surface area contributed by atoms with E-state index >= 15 is 0 Å². The molecule has 0 unspecified atom stereocenters. The van der Waals surface area contributed by atoms with Crippen molar-refractivity contribution >= 4 is 5.70 Å². The van der Waals surface area contributed by atoms with E-state index in [0.717, 1.165) is 16.8 Å². The molecule has 12 heavy (non-hydrogen) atoms. The first-order chi connectivity index (χ1) is 5.65. The molecule has 0 aliphatic rings. The molecule has 1 nitrogen and oxygen atoms in total. The lowest BCUT2D eigenvalue weighted by atomic mass is 10.1. The number of hydrogen-bond acceptors (Lipinski definition) is 1. The van der Waals surface area contributed by atoms with Gasteiger partial charge in [0.25, 0.3) is 0 Å². The second-order valence-corrected chi connectivity index (χ2v) is 2.69. The van der Waals surface area contributed by atoms with E-state index in [1.807, 2.05) is 6.92 Å².